The average Bonchev–Trinajstić information content (AvgIpc) is 3.20. The Morgan fingerprint density at radius 2 is 1.83 bits per heavy atom. The molecule has 9 heteroatoms. The largest absolute Gasteiger partial charge is 0.484 e. The van der Waals surface area contributed by atoms with Crippen LogP contribution in [0.15, 0.2) is 36.7 Å². The number of benzene rings is 1. The van der Waals surface area contributed by atoms with Gasteiger partial charge in [0.1, 0.15) is 12.4 Å². The van der Waals surface area contributed by atoms with Crippen LogP contribution in [0.1, 0.15) is 55.8 Å². The number of piperidine rings is 1. The molecule has 2 atom stereocenters. The van der Waals surface area contributed by atoms with Crippen LogP contribution in [-0.2, 0) is 16.1 Å². The van der Waals surface area contributed by atoms with Crippen molar-refractivity contribution in [1.82, 2.24) is 14.5 Å². The first-order chi connectivity index (χ1) is 14.4. The first-order valence-corrected chi connectivity index (χ1v) is 9.88. The molecule has 1 amide bonds. The standard InChI is InChI=1S/C21H25F2N3O4/c1-14-4-3-5-15(2)26(14)19(27)13-29-17-8-6-16(7-9-17)20(28)30-12-18-24-10-11-25(18)21(22)23/h6-11,14-15,21H,3-5,12-13H2,1-2H3/t14-,15+. The van der Waals surface area contributed by atoms with E-state index in [0.717, 1.165) is 25.5 Å². The Hall–Kier alpha value is -2.97. The summed E-state index contributed by atoms with van der Waals surface area (Å²) in [6, 6.07) is 6.51. The van der Waals surface area contributed by atoms with Gasteiger partial charge in [0.2, 0.25) is 0 Å². The van der Waals surface area contributed by atoms with Crippen molar-refractivity contribution in [3.63, 3.8) is 0 Å². The van der Waals surface area contributed by atoms with Gasteiger partial charge in [-0.1, -0.05) is 0 Å². The molecule has 1 aliphatic heterocycles. The molecule has 0 unspecified atom stereocenters. The number of nitrogens with zero attached hydrogens (tertiary/aromatic N) is 3. The van der Waals surface area contributed by atoms with Crippen molar-refractivity contribution in [3.8, 4) is 5.75 Å². The molecule has 0 bridgehead atoms. The number of likely N-dealkylation sites (tertiary alicyclic amines) is 1. The number of carbonyl (C=O) groups is 2. The summed E-state index contributed by atoms with van der Waals surface area (Å²) in [5.41, 5.74) is 0.238. The Labute approximate surface area is 173 Å². The van der Waals surface area contributed by atoms with Crippen molar-refractivity contribution in [2.75, 3.05) is 6.61 Å². The Bertz CT molecular complexity index is 859. The summed E-state index contributed by atoms with van der Waals surface area (Å²) in [5, 5.41) is 0. The number of esters is 1. The Kier molecular flexibility index (Phi) is 7.02. The van der Waals surface area contributed by atoms with Crippen LogP contribution in [0.4, 0.5) is 8.78 Å². The van der Waals surface area contributed by atoms with E-state index < -0.39 is 12.5 Å². The first kappa shape index (κ1) is 21.7. The number of alkyl halides is 2. The van der Waals surface area contributed by atoms with Gasteiger partial charge in [0.15, 0.2) is 12.4 Å². The molecule has 1 aromatic carbocycles. The normalized spacial score (nSPS) is 19.0. The topological polar surface area (TPSA) is 73.7 Å². The van der Waals surface area contributed by atoms with E-state index >= 15 is 0 Å². The third-order valence-electron chi connectivity index (χ3n) is 5.23. The molecule has 0 saturated carbocycles. The molecule has 30 heavy (non-hydrogen) atoms. The molecule has 3 rings (SSSR count). The van der Waals surface area contributed by atoms with Gasteiger partial charge in [-0.15, -0.1) is 0 Å². The van der Waals surface area contributed by atoms with Gasteiger partial charge in [0, 0.05) is 24.5 Å². The van der Waals surface area contributed by atoms with Crippen molar-refractivity contribution in [1.29, 1.82) is 0 Å². The van der Waals surface area contributed by atoms with Gasteiger partial charge in [0.05, 0.1) is 5.56 Å². The summed E-state index contributed by atoms with van der Waals surface area (Å²) in [6.45, 7) is 0.893. The lowest BCUT2D eigenvalue weighted by Gasteiger charge is -2.38. The molecule has 2 aromatic rings. The Balaban J connectivity index is 1.51. The zero-order valence-corrected chi connectivity index (χ0v) is 17.0. The van der Waals surface area contributed by atoms with Gasteiger partial charge in [-0.05, 0) is 57.4 Å². The summed E-state index contributed by atoms with van der Waals surface area (Å²) in [4.78, 5) is 30.3. The summed E-state index contributed by atoms with van der Waals surface area (Å²) >= 11 is 0. The van der Waals surface area contributed by atoms with E-state index in [1.165, 1.54) is 18.3 Å². The number of halogens is 2. The van der Waals surface area contributed by atoms with E-state index in [4.69, 9.17) is 9.47 Å². The van der Waals surface area contributed by atoms with Crippen LogP contribution in [0.2, 0.25) is 0 Å². The maximum Gasteiger partial charge on any atom is 0.338 e. The molecule has 0 aliphatic carbocycles. The molecule has 1 aromatic heterocycles. The maximum absolute atomic E-state index is 12.8. The number of aromatic nitrogens is 2. The maximum atomic E-state index is 12.8. The predicted molar refractivity (Wildman–Crippen MR) is 104 cm³/mol. The van der Waals surface area contributed by atoms with Crippen LogP contribution in [0.3, 0.4) is 0 Å². The number of hydrogen-bond acceptors (Lipinski definition) is 5. The summed E-state index contributed by atoms with van der Waals surface area (Å²) in [5.74, 6) is -0.325. The number of amides is 1. The van der Waals surface area contributed by atoms with Gasteiger partial charge in [-0.2, -0.15) is 8.78 Å². The molecular formula is C21H25F2N3O4. The lowest BCUT2D eigenvalue weighted by atomic mass is 9.97. The van der Waals surface area contributed by atoms with E-state index in [-0.39, 0.29) is 42.6 Å². The van der Waals surface area contributed by atoms with Crippen molar-refractivity contribution in [2.45, 2.75) is 58.3 Å². The van der Waals surface area contributed by atoms with Gasteiger partial charge >= 0.3 is 12.5 Å². The molecule has 162 valence electrons. The third kappa shape index (κ3) is 5.14. The van der Waals surface area contributed by atoms with Crippen LogP contribution in [0.5, 0.6) is 5.75 Å². The molecule has 2 heterocycles. The second-order valence-electron chi connectivity index (χ2n) is 7.35. The van der Waals surface area contributed by atoms with Crippen molar-refractivity contribution >= 4 is 11.9 Å². The van der Waals surface area contributed by atoms with Gasteiger partial charge < -0.3 is 14.4 Å². The minimum absolute atomic E-state index is 0.0435. The van der Waals surface area contributed by atoms with Crippen LogP contribution in [0.25, 0.3) is 0 Å². The van der Waals surface area contributed by atoms with Crippen LogP contribution in [0, 0.1) is 0 Å². The average molecular weight is 421 g/mol. The number of rotatable bonds is 7. The van der Waals surface area contributed by atoms with Gasteiger partial charge in [-0.25, -0.2) is 9.78 Å². The highest BCUT2D eigenvalue weighted by atomic mass is 19.3. The second kappa shape index (κ2) is 9.69. The van der Waals surface area contributed by atoms with E-state index in [0.29, 0.717) is 10.3 Å². The lowest BCUT2D eigenvalue weighted by Crippen LogP contribution is -2.49. The monoisotopic (exact) mass is 421 g/mol. The highest BCUT2D eigenvalue weighted by Gasteiger charge is 2.29. The lowest BCUT2D eigenvalue weighted by molar-refractivity contribution is -0.139. The number of imidazole rings is 1. The zero-order chi connectivity index (χ0) is 21.7. The fourth-order valence-electron chi connectivity index (χ4n) is 3.67. The van der Waals surface area contributed by atoms with Crippen LogP contribution >= 0.6 is 0 Å². The Morgan fingerprint density at radius 1 is 1.17 bits per heavy atom. The summed E-state index contributed by atoms with van der Waals surface area (Å²) in [7, 11) is 0. The van der Waals surface area contributed by atoms with Crippen LogP contribution in [-0.4, -0.2) is 45.0 Å². The minimum Gasteiger partial charge on any atom is -0.484 e. The highest BCUT2D eigenvalue weighted by molar-refractivity contribution is 5.89. The minimum atomic E-state index is -2.75. The van der Waals surface area contributed by atoms with Crippen LogP contribution < -0.4 is 4.74 Å². The summed E-state index contributed by atoms with van der Waals surface area (Å²) < 4.78 is 36.8. The quantitative estimate of drug-likeness (QED) is 0.636. The van der Waals surface area contributed by atoms with Gasteiger partial charge in [-0.3, -0.25) is 9.36 Å². The summed E-state index contributed by atoms with van der Waals surface area (Å²) in [6.07, 6.45) is 5.43. The van der Waals surface area contributed by atoms with Gasteiger partial charge in [0.25, 0.3) is 5.91 Å². The molecule has 7 nitrogen and oxygen atoms in total. The fraction of sp³-hybridized carbons (Fsp3) is 0.476. The molecular weight excluding hydrogens is 396 g/mol. The smallest absolute Gasteiger partial charge is 0.338 e. The molecule has 1 aliphatic rings. The number of ether oxygens (including phenoxy) is 2. The van der Waals surface area contributed by atoms with E-state index in [2.05, 4.69) is 4.98 Å². The van der Waals surface area contributed by atoms with E-state index in [1.54, 1.807) is 12.1 Å². The highest BCUT2D eigenvalue weighted by Crippen LogP contribution is 2.23. The first-order valence-electron chi connectivity index (χ1n) is 9.88. The van der Waals surface area contributed by atoms with Crippen molar-refractivity contribution < 1.29 is 27.8 Å². The molecule has 1 fully saturated rings. The Morgan fingerprint density at radius 3 is 2.47 bits per heavy atom. The number of hydrogen-bond donors (Lipinski definition) is 0. The second-order valence-corrected chi connectivity index (χ2v) is 7.35. The van der Waals surface area contributed by atoms with Crippen molar-refractivity contribution in [3.05, 3.63) is 48.0 Å². The third-order valence-corrected chi connectivity index (χ3v) is 5.23. The van der Waals surface area contributed by atoms with Crippen molar-refractivity contribution in [2.24, 2.45) is 0 Å². The SMILES string of the molecule is C[C@@H]1CCC[C@H](C)N1C(=O)COc1ccc(C(=O)OCc2nccn2C(F)F)cc1. The molecule has 0 spiro atoms. The zero-order valence-electron chi connectivity index (χ0n) is 17.0. The van der Waals surface area contributed by atoms with E-state index in [9.17, 15) is 18.4 Å². The van der Waals surface area contributed by atoms with E-state index in [1.807, 2.05) is 18.7 Å². The molecule has 0 radical (unpaired) electrons. The predicted octanol–water partition coefficient (Wildman–Crippen LogP) is 3.80. The molecule has 0 N–H and O–H groups in total. The molecule has 1 saturated heterocycles. The number of carbonyl (C=O) groups excluding carboxylic acids is 2. The fourth-order valence-corrected chi connectivity index (χ4v) is 3.67.